The first-order chi connectivity index (χ1) is 24.4. The molecule has 2 aliphatic rings. The second kappa shape index (κ2) is 15.1. The lowest BCUT2D eigenvalue weighted by atomic mass is 9.98. The van der Waals surface area contributed by atoms with Crippen LogP contribution in [0.5, 0.6) is 28.7 Å². The van der Waals surface area contributed by atoms with Gasteiger partial charge < -0.3 is 69.6 Å². The van der Waals surface area contributed by atoms with E-state index in [2.05, 4.69) is 0 Å². The van der Waals surface area contributed by atoms with Gasteiger partial charge in [0.05, 0.1) is 23.6 Å². The predicted molar refractivity (Wildman–Crippen MR) is 173 cm³/mol. The maximum absolute atomic E-state index is 12.5. The first-order valence-corrected chi connectivity index (χ1v) is 15.6. The number of carbonyl (C=O) groups is 1. The Morgan fingerprint density at radius 1 is 0.804 bits per heavy atom. The van der Waals surface area contributed by atoms with Crippen molar-refractivity contribution in [3.8, 4) is 40.1 Å². The van der Waals surface area contributed by atoms with Gasteiger partial charge in [0, 0.05) is 18.2 Å². The summed E-state index contributed by atoms with van der Waals surface area (Å²) in [6.07, 6.45) is -12.4. The van der Waals surface area contributed by atoms with E-state index in [1.807, 2.05) is 0 Å². The number of aromatic hydroxyl groups is 4. The summed E-state index contributed by atoms with van der Waals surface area (Å²) in [4.78, 5) is 12.5. The molecule has 3 aromatic carbocycles. The Bertz CT molecular complexity index is 1880. The highest BCUT2D eigenvalue weighted by molar-refractivity contribution is 5.87. The number of benzene rings is 3. The van der Waals surface area contributed by atoms with Crippen LogP contribution in [0.4, 0.5) is 0 Å². The van der Waals surface area contributed by atoms with Crippen LogP contribution in [-0.2, 0) is 23.7 Å². The van der Waals surface area contributed by atoms with Crippen LogP contribution in [-0.4, -0.2) is 120 Å². The molecule has 9 atom stereocenters. The molecule has 3 heterocycles. The third kappa shape index (κ3) is 7.98. The Morgan fingerprint density at radius 2 is 1.55 bits per heavy atom. The fourth-order valence-corrected chi connectivity index (χ4v) is 5.48. The van der Waals surface area contributed by atoms with Crippen molar-refractivity contribution in [3.05, 3.63) is 78.4 Å². The molecule has 1 aromatic heterocycles. The number of hydrogen-bond acceptors (Lipinski definition) is 15. The largest absolute Gasteiger partial charge is 0.508 e. The van der Waals surface area contributed by atoms with Crippen LogP contribution >= 0.6 is 0 Å². The Kier molecular flexibility index (Phi) is 10.6. The third-order valence-corrected chi connectivity index (χ3v) is 8.29. The van der Waals surface area contributed by atoms with E-state index in [9.17, 15) is 50.8 Å². The van der Waals surface area contributed by atoms with Crippen LogP contribution in [0.15, 0.2) is 77.2 Å². The Labute approximate surface area is 288 Å². The maximum atomic E-state index is 12.5. The highest BCUT2D eigenvalue weighted by Gasteiger charge is 2.51. The van der Waals surface area contributed by atoms with E-state index in [0.29, 0.717) is 10.9 Å². The van der Waals surface area contributed by atoms with Gasteiger partial charge in [-0.1, -0.05) is 12.1 Å². The van der Waals surface area contributed by atoms with Gasteiger partial charge in [-0.05, 0) is 48.0 Å². The van der Waals surface area contributed by atoms with Crippen LogP contribution in [0.2, 0.25) is 0 Å². The minimum atomic E-state index is -1.85. The van der Waals surface area contributed by atoms with Gasteiger partial charge >= 0.3 is 17.3 Å². The Morgan fingerprint density at radius 3 is 2.29 bits per heavy atom. The number of esters is 1. The molecule has 0 spiro atoms. The van der Waals surface area contributed by atoms with Crippen LogP contribution < -0.4 is 4.74 Å². The van der Waals surface area contributed by atoms with Crippen molar-refractivity contribution in [3.63, 3.8) is 0 Å². The molecule has 2 aliphatic heterocycles. The molecule has 0 bridgehead atoms. The zero-order valence-electron chi connectivity index (χ0n) is 26.5. The molecule has 270 valence electrons. The number of fused-ring (bicyclic) bond motifs is 1. The van der Waals surface area contributed by atoms with E-state index in [0.717, 1.165) is 6.08 Å². The number of phenolic OH excluding ortho intramolecular Hbond substituents is 4. The van der Waals surface area contributed by atoms with E-state index in [4.69, 9.17) is 28.1 Å². The number of ether oxygens (including phenoxy) is 5. The van der Waals surface area contributed by atoms with Gasteiger partial charge in [0.2, 0.25) is 12.0 Å². The lowest BCUT2D eigenvalue weighted by molar-refractivity contribution is -0.345. The molecule has 16 heteroatoms. The van der Waals surface area contributed by atoms with Gasteiger partial charge in [-0.2, -0.15) is 0 Å². The second-order valence-corrected chi connectivity index (χ2v) is 11.9. The Hall–Kier alpha value is -5.04. The lowest BCUT2D eigenvalue weighted by Gasteiger charge is -2.44. The summed E-state index contributed by atoms with van der Waals surface area (Å²) in [6, 6.07) is 15.5. The molecule has 0 radical (unpaired) electrons. The number of hydrogen-bond donors (Lipinski definition) is 9. The van der Waals surface area contributed by atoms with Gasteiger partial charge in [-0.25, -0.2) is 9.21 Å². The fraction of sp³-hybridized carbons (Fsp3) is 0.314. The number of phenols is 4. The number of aliphatic hydroxyl groups excluding tert-OH is 5. The summed E-state index contributed by atoms with van der Waals surface area (Å²) in [5, 5.41) is 93.1. The highest BCUT2D eigenvalue weighted by atomic mass is 16.8. The molecule has 2 fully saturated rings. The van der Waals surface area contributed by atoms with Crippen LogP contribution in [0.1, 0.15) is 5.56 Å². The topological polar surface area (TPSA) is 257 Å². The summed E-state index contributed by atoms with van der Waals surface area (Å²) in [5.74, 6) is -1.97. The molecule has 9 N–H and O–H groups in total. The molecular formula is C35H35O16+. The first-order valence-electron chi connectivity index (χ1n) is 15.6. The zero-order chi connectivity index (χ0) is 36.4. The highest BCUT2D eigenvalue weighted by Crippen LogP contribution is 2.40. The summed E-state index contributed by atoms with van der Waals surface area (Å²) >= 11 is 0. The minimum absolute atomic E-state index is 0.0408. The molecule has 16 nitrogen and oxygen atoms in total. The molecule has 0 aliphatic carbocycles. The molecule has 0 unspecified atom stereocenters. The first kappa shape index (κ1) is 35.8. The third-order valence-electron chi connectivity index (χ3n) is 8.29. The van der Waals surface area contributed by atoms with Gasteiger partial charge in [0.15, 0.2) is 23.9 Å². The van der Waals surface area contributed by atoms with Crippen molar-refractivity contribution < 1.29 is 78.9 Å². The van der Waals surface area contributed by atoms with Crippen molar-refractivity contribution >= 4 is 23.0 Å². The summed E-state index contributed by atoms with van der Waals surface area (Å²) in [7, 11) is 0. The van der Waals surface area contributed by atoms with Crippen LogP contribution in [0, 0.1) is 0 Å². The van der Waals surface area contributed by atoms with E-state index < -0.39 is 86.0 Å². The maximum Gasteiger partial charge on any atom is 0.402 e. The Balaban J connectivity index is 1.31. The van der Waals surface area contributed by atoms with E-state index >= 15 is 0 Å². The van der Waals surface area contributed by atoms with E-state index in [-0.39, 0.29) is 34.2 Å². The van der Waals surface area contributed by atoms with Gasteiger partial charge in [0.25, 0.3) is 0 Å². The molecule has 0 amide bonds. The van der Waals surface area contributed by atoms with Gasteiger partial charge in [-0.15, -0.1) is 0 Å². The molecule has 2 saturated heterocycles. The normalized spacial score (nSPS) is 28.1. The van der Waals surface area contributed by atoms with Crippen LogP contribution in [0.3, 0.4) is 0 Å². The summed E-state index contributed by atoms with van der Waals surface area (Å²) < 4.78 is 34.7. The molecular weight excluding hydrogens is 676 g/mol. The van der Waals surface area contributed by atoms with Gasteiger partial charge in [0.1, 0.15) is 54.7 Å². The SMILES string of the molecule is O=C(C=Cc1ccc(O)cc1)OC[C@H]1O[C@@H](Oc2cc3ccc(O)cc3[o+]c2-c2ccc(O)c(O)c2)[C@H](O[C@@H]2OC[C@@H](O)[C@H](O)[C@H]2O)[C@@H](O)[C@@H]1O. The monoisotopic (exact) mass is 711 g/mol. The van der Waals surface area contributed by atoms with E-state index in [1.165, 1.54) is 60.7 Å². The van der Waals surface area contributed by atoms with Crippen molar-refractivity contribution in [2.75, 3.05) is 13.2 Å². The van der Waals surface area contributed by atoms with Crippen molar-refractivity contribution in [1.82, 2.24) is 0 Å². The number of aliphatic hydroxyl groups is 5. The average molecular weight is 712 g/mol. The second-order valence-electron chi connectivity index (χ2n) is 11.9. The van der Waals surface area contributed by atoms with Gasteiger partial charge in [-0.3, -0.25) is 0 Å². The lowest BCUT2D eigenvalue weighted by Crippen LogP contribution is -2.64. The molecule has 4 aromatic rings. The summed E-state index contributed by atoms with van der Waals surface area (Å²) in [6.45, 7) is -1.03. The van der Waals surface area contributed by atoms with Crippen LogP contribution in [0.25, 0.3) is 28.4 Å². The molecule has 51 heavy (non-hydrogen) atoms. The number of rotatable bonds is 9. The zero-order valence-corrected chi connectivity index (χ0v) is 26.5. The smallest absolute Gasteiger partial charge is 0.402 e. The van der Waals surface area contributed by atoms with Crippen molar-refractivity contribution in [2.45, 2.75) is 55.3 Å². The predicted octanol–water partition coefficient (Wildman–Crippen LogP) is 1.11. The van der Waals surface area contributed by atoms with E-state index in [1.54, 1.807) is 12.1 Å². The quantitative estimate of drug-likeness (QED) is 0.0510. The van der Waals surface area contributed by atoms with Crippen molar-refractivity contribution in [1.29, 1.82) is 0 Å². The molecule has 0 saturated carbocycles. The summed E-state index contributed by atoms with van der Waals surface area (Å²) in [5.41, 5.74) is 0.962. The van der Waals surface area contributed by atoms with Crippen molar-refractivity contribution in [2.24, 2.45) is 0 Å². The molecule has 6 rings (SSSR count). The average Bonchev–Trinajstić information content (AvgIpc) is 3.11. The number of carbonyl (C=O) groups excluding carboxylic acids is 1. The minimum Gasteiger partial charge on any atom is -0.508 e. The fourth-order valence-electron chi connectivity index (χ4n) is 5.48. The standard InChI is InChI=1S/C35H34O16/c36-19-6-1-16(2-7-19)3-10-27(41)46-15-26-29(43)30(44)33(51-34-31(45)28(42)23(40)14-47-34)35(50-26)49-25-12-17-4-8-20(37)13-24(17)48-32(25)18-5-9-21(38)22(39)11-18/h1-13,23,26,28-31,33-35,40,42-45H,14-15H2,(H3-,36,37,38,39,41)/p+1/t23-,26-,28+,29-,30+,31-,33-,34+,35-/m1/s1.